The topological polar surface area (TPSA) is 50.2 Å². The minimum Gasteiger partial charge on any atom is -0.262 e. The highest BCUT2D eigenvalue weighted by Crippen LogP contribution is 1.93. The second-order valence-corrected chi connectivity index (χ2v) is 3.52. The maximum Gasteiger partial charge on any atom is 0.153 e. The number of hydrogen-bond acceptors (Lipinski definition) is 5. The van der Waals surface area contributed by atoms with Gasteiger partial charge < -0.3 is 0 Å². The van der Waals surface area contributed by atoms with Gasteiger partial charge in [0.2, 0.25) is 0 Å². The fraction of sp³-hybridized carbons (Fsp3) is 0.143. The Morgan fingerprint density at radius 3 is 3.15 bits per heavy atom. The molecule has 0 aromatic carbocycles. The fourth-order valence-corrected chi connectivity index (χ4v) is 0.779. The van der Waals surface area contributed by atoms with Gasteiger partial charge in [-0.25, -0.2) is 0 Å². The van der Waals surface area contributed by atoms with E-state index in [0.29, 0.717) is 4.32 Å². The first kappa shape index (κ1) is 10.1. The Kier molecular flexibility index (Phi) is 4.34. The van der Waals surface area contributed by atoms with Gasteiger partial charge in [-0.3, -0.25) is 5.43 Å². The number of nitrogens with one attached hydrogen (secondary N) is 1. The Balaban J connectivity index is 2.45. The van der Waals surface area contributed by atoms with Crippen LogP contribution in [0.15, 0.2) is 23.6 Å². The molecule has 0 amide bonds. The van der Waals surface area contributed by atoms with E-state index in [0.717, 1.165) is 5.56 Å². The van der Waals surface area contributed by atoms with E-state index in [2.05, 4.69) is 20.7 Å². The van der Waals surface area contributed by atoms with E-state index in [4.69, 9.17) is 12.2 Å². The Morgan fingerprint density at radius 2 is 2.54 bits per heavy atom. The molecule has 0 radical (unpaired) electrons. The van der Waals surface area contributed by atoms with Gasteiger partial charge in [0.1, 0.15) is 0 Å². The van der Waals surface area contributed by atoms with Gasteiger partial charge in [-0.1, -0.05) is 24.0 Å². The van der Waals surface area contributed by atoms with Crippen LogP contribution in [0.3, 0.4) is 0 Å². The smallest absolute Gasteiger partial charge is 0.153 e. The van der Waals surface area contributed by atoms with E-state index in [9.17, 15) is 0 Å². The van der Waals surface area contributed by atoms with Gasteiger partial charge in [0.05, 0.1) is 18.6 Å². The predicted octanol–water partition coefficient (Wildman–Crippen LogP) is 1.05. The third-order valence-corrected chi connectivity index (χ3v) is 2.22. The number of hydrazone groups is 1. The van der Waals surface area contributed by atoms with Gasteiger partial charge in [-0.15, -0.1) is 0 Å². The average Bonchev–Trinajstić information content (AvgIpc) is 2.19. The first-order valence-electron chi connectivity index (χ1n) is 3.46. The van der Waals surface area contributed by atoms with Crippen molar-refractivity contribution in [3.05, 3.63) is 24.0 Å². The lowest BCUT2D eigenvalue weighted by Crippen LogP contribution is -2.10. The molecule has 1 heterocycles. The summed E-state index contributed by atoms with van der Waals surface area (Å²) in [6, 6.07) is 1.81. The van der Waals surface area contributed by atoms with Crippen molar-refractivity contribution in [3.63, 3.8) is 0 Å². The molecular weight excluding hydrogens is 204 g/mol. The molecule has 0 spiro atoms. The van der Waals surface area contributed by atoms with Crippen LogP contribution in [0.4, 0.5) is 0 Å². The molecule has 0 aliphatic rings. The Labute approximate surface area is 85.8 Å². The van der Waals surface area contributed by atoms with Gasteiger partial charge in [0, 0.05) is 5.56 Å². The third kappa shape index (κ3) is 3.95. The fourth-order valence-electron chi connectivity index (χ4n) is 0.582. The van der Waals surface area contributed by atoms with Crippen molar-refractivity contribution in [1.82, 2.24) is 15.6 Å². The molecule has 68 valence electrons. The molecule has 0 aliphatic carbocycles. The van der Waals surface area contributed by atoms with Crippen LogP contribution in [-0.4, -0.2) is 27.0 Å². The van der Waals surface area contributed by atoms with Crippen LogP contribution in [0.25, 0.3) is 0 Å². The molecular formula is C7H8N4S2. The summed E-state index contributed by atoms with van der Waals surface area (Å²) < 4.78 is 0.637. The highest BCUT2D eigenvalue weighted by atomic mass is 32.2. The lowest BCUT2D eigenvalue weighted by molar-refractivity contribution is 1.02. The molecule has 0 saturated carbocycles. The van der Waals surface area contributed by atoms with Crippen LogP contribution < -0.4 is 5.43 Å². The Morgan fingerprint density at radius 1 is 1.69 bits per heavy atom. The van der Waals surface area contributed by atoms with E-state index >= 15 is 0 Å². The van der Waals surface area contributed by atoms with Crippen LogP contribution in [0.2, 0.25) is 0 Å². The van der Waals surface area contributed by atoms with E-state index in [1.165, 1.54) is 11.8 Å². The summed E-state index contributed by atoms with van der Waals surface area (Å²) in [6.07, 6.45) is 6.75. The van der Waals surface area contributed by atoms with Crippen molar-refractivity contribution in [2.75, 3.05) is 6.26 Å². The van der Waals surface area contributed by atoms with Crippen molar-refractivity contribution >= 4 is 34.5 Å². The summed E-state index contributed by atoms with van der Waals surface area (Å²) in [5, 5.41) is 11.2. The van der Waals surface area contributed by atoms with Crippen molar-refractivity contribution in [2.24, 2.45) is 5.10 Å². The zero-order chi connectivity index (χ0) is 9.52. The first-order valence-corrected chi connectivity index (χ1v) is 5.10. The molecule has 0 bridgehead atoms. The van der Waals surface area contributed by atoms with E-state index in [1.807, 2.05) is 6.26 Å². The van der Waals surface area contributed by atoms with E-state index in [1.54, 1.807) is 24.7 Å². The number of thioether (sulfide) groups is 1. The Hall–Kier alpha value is -1.01. The monoisotopic (exact) mass is 212 g/mol. The van der Waals surface area contributed by atoms with E-state index in [-0.39, 0.29) is 0 Å². The van der Waals surface area contributed by atoms with Gasteiger partial charge in [-0.05, 0) is 12.3 Å². The van der Waals surface area contributed by atoms with Crippen LogP contribution >= 0.6 is 24.0 Å². The minimum atomic E-state index is 0.637. The molecule has 0 saturated heterocycles. The number of hydrogen-bond donors (Lipinski definition) is 1. The molecule has 6 heteroatoms. The average molecular weight is 212 g/mol. The molecule has 1 aromatic heterocycles. The van der Waals surface area contributed by atoms with Crippen molar-refractivity contribution in [2.45, 2.75) is 0 Å². The van der Waals surface area contributed by atoms with Gasteiger partial charge >= 0.3 is 0 Å². The Bertz CT molecular complexity index is 299. The maximum absolute atomic E-state index is 4.88. The summed E-state index contributed by atoms with van der Waals surface area (Å²) >= 11 is 6.32. The van der Waals surface area contributed by atoms with Crippen molar-refractivity contribution < 1.29 is 0 Å². The molecule has 1 aromatic rings. The van der Waals surface area contributed by atoms with E-state index < -0.39 is 0 Å². The predicted molar refractivity (Wildman–Crippen MR) is 58.9 cm³/mol. The van der Waals surface area contributed by atoms with Gasteiger partial charge in [0.25, 0.3) is 0 Å². The van der Waals surface area contributed by atoms with Crippen molar-refractivity contribution in [1.29, 1.82) is 0 Å². The molecule has 0 atom stereocenters. The number of rotatable bonds is 2. The highest BCUT2D eigenvalue weighted by molar-refractivity contribution is 8.22. The van der Waals surface area contributed by atoms with Crippen LogP contribution in [0.1, 0.15) is 5.56 Å². The van der Waals surface area contributed by atoms with Crippen LogP contribution in [0.5, 0.6) is 0 Å². The molecule has 0 aliphatic heterocycles. The third-order valence-electron chi connectivity index (χ3n) is 1.16. The van der Waals surface area contributed by atoms with Crippen LogP contribution in [-0.2, 0) is 0 Å². The maximum atomic E-state index is 4.88. The summed E-state index contributed by atoms with van der Waals surface area (Å²) in [5.74, 6) is 0. The minimum absolute atomic E-state index is 0.637. The molecule has 0 unspecified atom stereocenters. The summed E-state index contributed by atoms with van der Waals surface area (Å²) in [6.45, 7) is 0. The second kappa shape index (κ2) is 5.60. The largest absolute Gasteiger partial charge is 0.262 e. The van der Waals surface area contributed by atoms with Gasteiger partial charge in [-0.2, -0.15) is 15.3 Å². The summed E-state index contributed by atoms with van der Waals surface area (Å²) in [5.41, 5.74) is 3.58. The normalized spacial score (nSPS) is 10.2. The number of nitrogens with zero attached hydrogens (tertiary/aromatic N) is 3. The van der Waals surface area contributed by atoms with Crippen molar-refractivity contribution in [3.8, 4) is 0 Å². The zero-order valence-corrected chi connectivity index (χ0v) is 8.60. The van der Waals surface area contributed by atoms with Gasteiger partial charge in [0.15, 0.2) is 4.32 Å². The highest BCUT2D eigenvalue weighted by Gasteiger charge is 1.87. The standard InChI is InChI=1S/C7H8N4S2/c1-13-7(12)11-10-5-6-2-3-8-9-4-6/h2-5H,1H3,(H,11,12)/b10-5+. The lowest BCUT2D eigenvalue weighted by Gasteiger charge is -1.95. The number of thiocarbonyl (C=S) groups is 1. The lowest BCUT2D eigenvalue weighted by atomic mass is 10.3. The number of aromatic nitrogens is 2. The molecule has 0 fully saturated rings. The van der Waals surface area contributed by atoms with Crippen LogP contribution in [0, 0.1) is 0 Å². The second-order valence-electron chi connectivity index (χ2n) is 2.04. The quantitative estimate of drug-likeness (QED) is 0.451. The summed E-state index contributed by atoms with van der Waals surface area (Å²) in [7, 11) is 0. The SMILES string of the molecule is CSC(=S)N/N=C/c1ccnnc1. The first-order chi connectivity index (χ1) is 6.33. The zero-order valence-electron chi connectivity index (χ0n) is 6.97. The molecule has 4 nitrogen and oxygen atoms in total. The summed E-state index contributed by atoms with van der Waals surface area (Å²) in [4.78, 5) is 0. The molecule has 1 rings (SSSR count). The molecule has 1 N–H and O–H groups in total. The molecule has 13 heavy (non-hydrogen) atoms.